The predicted octanol–water partition coefficient (Wildman–Crippen LogP) is 2.03. The first-order valence-electron chi connectivity index (χ1n) is 7.92. The van der Waals surface area contributed by atoms with Crippen LogP contribution in [0.1, 0.15) is 17.2 Å². The Morgan fingerprint density at radius 2 is 1.67 bits per heavy atom. The zero-order chi connectivity index (χ0) is 17.2. The molecule has 128 valence electrons. The number of hydrogen-bond donors (Lipinski definition) is 2. The predicted molar refractivity (Wildman–Crippen MR) is 93.3 cm³/mol. The van der Waals surface area contributed by atoms with E-state index in [1.807, 2.05) is 60.7 Å². The Hall–Kier alpha value is -2.21. The van der Waals surface area contributed by atoms with Gasteiger partial charge in [0.15, 0.2) is 0 Å². The molecule has 2 unspecified atom stereocenters. The van der Waals surface area contributed by atoms with E-state index >= 15 is 0 Å². The molecule has 5 nitrogen and oxygen atoms in total. The van der Waals surface area contributed by atoms with Crippen molar-refractivity contribution in [2.75, 3.05) is 20.3 Å². The lowest BCUT2D eigenvalue weighted by Crippen LogP contribution is -2.45. The first-order valence-corrected chi connectivity index (χ1v) is 7.92. The van der Waals surface area contributed by atoms with E-state index < -0.39 is 6.04 Å². The molecule has 0 heterocycles. The van der Waals surface area contributed by atoms with Crippen LogP contribution in [0.25, 0.3) is 0 Å². The van der Waals surface area contributed by atoms with E-state index in [4.69, 9.17) is 15.2 Å². The maximum absolute atomic E-state index is 12.2. The minimum absolute atomic E-state index is 0.179. The van der Waals surface area contributed by atoms with Crippen molar-refractivity contribution < 1.29 is 14.3 Å². The average molecular weight is 328 g/mol. The van der Waals surface area contributed by atoms with E-state index in [9.17, 15) is 4.79 Å². The normalized spacial score (nSPS) is 13.2. The highest BCUT2D eigenvalue weighted by Crippen LogP contribution is 2.14. The summed E-state index contributed by atoms with van der Waals surface area (Å²) in [5, 5.41) is 2.94. The molecule has 2 atom stereocenters. The lowest BCUT2D eigenvalue weighted by atomic mass is 10.1. The van der Waals surface area contributed by atoms with Crippen molar-refractivity contribution >= 4 is 5.91 Å². The Labute approximate surface area is 142 Å². The lowest BCUT2D eigenvalue weighted by molar-refractivity contribution is -0.124. The van der Waals surface area contributed by atoms with Gasteiger partial charge in [-0.2, -0.15) is 0 Å². The van der Waals surface area contributed by atoms with Gasteiger partial charge in [-0.25, -0.2) is 0 Å². The zero-order valence-corrected chi connectivity index (χ0v) is 13.9. The van der Waals surface area contributed by atoms with Crippen molar-refractivity contribution in [1.82, 2.24) is 5.32 Å². The van der Waals surface area contributed by atoms with Gasteiger partial charge >= 0.3 is 0 Å². The first kappa shape index (κ1) is 18.1. The van der Waals surface area contributed by atoms with Crippen LogP contribution in [0.4, 0.5) is 0 Å². The summed E-state index contributed by atoms with van der Waals surface area (Å²) >= 11 is 0. The molecule has 1 amide bonds. The first-order chi connectivity index (χ1) is 11.7. The molecule has 0 saturated heterocycles. The molecule has 0 aliphatic carbocycles. The topological polar surface area (TPSA) is 73.6 Å². The number of benzene rings is 2. The molecule has 0 spiro atoms. The Kier molecular flexibility index (Phi) is 7.42. The number of nitrogens with two attached hydrogens (primary N) is 1. The van der Waals surface area contributed by atoms with Crippen molar-refractivity contribution in [2.24, 2.45) is 5.73 Å². The van der Waals surface area contributed by atoms with Crippen LogP contribution >= 0.6 is 0 Å². The van der Waals surface area contributed by atoms with Gasteiger partial charge in [-0.3, -0.25) is 4.79 Å². The summed E-state index contributed by atoms with van der Waals surface area (Å²) in [6.45, 7) is 1.03. The second-order valence-electron chi connectivity index (χ2n) is 5.53. The fourth-order valence-electron chi connectivity index (χ4n) is 2.31. The fraction of sp³-hybridized carbons (Fsp3) is 0.316. The molecule has 0 radical (unpaired) electrons. The highest BCUT2D eigenvalue weighted by Gasteiger charge is 2.19. The number of methoxy groups -OCH3 is 1. The largest absolute Gasteiger partial charge is 0.383 e. The SMILES string of the molecule is COCC(N)C(=O)NC(COCc1ccccc1)c1ccccc1. The van der Waals surface area contributed by atoms with Crippen LogP contribution in [-0.4, -0.2) is 32.3 Å². The molecule has 2 rings (SSSR count). The molecule has 0 saturated carbocycles. The molecule has 5 heteroatoms. The van der Waals surface area contributed by atoms with Crippen molar-refractivity contribution in [3.63, 3.8) is 0 Å². The monoisotopic (exact) mass is 328 g/mol. The van der Waals surface area contributed by atoms with Gasteiger partial charge in [0, 0.05) is 7.11 Å². The molecule has 3 N–H and O–H groups in total. The van der Waals surface area contributed by atoms with Gasteiger partial charge < -0.3 is 20.5 Å². The molecule has 0 fully saturated rings. The molecule has 0 bridgehead atoms. The van der Waals surface area contributed by atoms with Crippen molar-refractivity contribution in [1.29, 1.82) is 0 Å². The zero-order valence-electron chi connectivity index (χ0n) is 13.9. The summed E-state index contributed by atoms with van der Waals surface area (Å²) in [6, 6.07) is 18.7. The van der Waals surface area contributed by atoms with E-state index in [2.05, 4.69) is 5.32 Å². The van der Waals surface area contributed by atoms with Crippen molar-refractivity contribution in [3.05, 3.63) is 71.8 Å². The van der Waals surface area contributed by atoms with Crippen LogP contribution < -0.4 is 11.1 Å². The Bertz CT molecular complexity index is 605. The molecule has 24 heavy (non-hydrogen) atoms. The number of carbonyl (C=O) groups is 1. The molecular formula is C19H24N2O3. The van der Waals surface area contributed by atoms with Crippen molar-refractivity contribution in [2.45, 2.75) is 18.7 Å². The van der Waals surface area contributed by atoms with Gasteiger partial charge in [0.25, 0.3) is 0 Å². The number of rotatable bonds is 9. The number of hydrogen-bond acceptors (Lipinski definition) is 4. The summed E-state index contributed by atoms with van der Waals surface area (Å²) in [5.74, 6) is -0.256. The van der Waals surface area contributed by atoms with E-state index in [1.54, 1.807) is 0 Å². The van der Waals surface area contributed by atoms with E-state index in [0.717, 1.165) is 11.1 Å². The van der Waals surface area contributed by atoms with E-state index in [1.165, 1.54) is 7.11 Å². The molecule has 2 aromatic rings. The third-order valence-electron chi connectivity index (χ3n) is 3.60. The van der Waals surface area contributed by atoms with Gasteiger partial charge in [0.05, 0.1) is 25.9 Å². The third kappa shape index (κ3) is 5.77. The van der Waals surface area contributed by atoms with Crippen LogP contribution in [0.5, 0.6) is 0 Å². The van der Waals surface area contributed by atoms with E-state index in [-0.39, 0.29) is 18.6 Å². The minimum atomic E-state index is -0.699. The van der Waals surface area contributed by atoms with Crippen molar-refractivity contribution in [3.8, 4) is 0 Å². The quantitative estimate of drug-likeness (QED) is 0.739. The highest BCUT2D eigenvalue weighted by atomic mass is 16.5. The summed E-state index contributed by atoms with van der Waals surface area (Å²) in [4.78, 5) is 12.2. The number of amides is 1. The molecular weight excluding hydrogens is 304 g/mol. The van der Waals surface area contributed by atoms with Gasteiger partial charge in [0.2, 0.25) is 5.91 Å². The summed E-state index contributed by atoms with van der Waals surface area (Å²) in [5.41, 5.74) is 7.86. The Morgan fingerprint density at radius 1 is 1.04 bits per heavy atom. The number of nitrogens with one attached hydrogen (secondary N) is 1. The lowest BCUT2D eigenvalue weighted by Gasteiger charge is -2.21. The molecule has 2 aromatic carbocycles. The van der Waals surface area contributed by atoms with Crippen LogP contribution in [0.2, 0.25) is 0 Å². The third-order valence-corrected chi connectivity index (χ3v) is 3.60. The Balaban J connectivity index is 1.97. The smallest absolute Gasteiger partial charge is 0.239 e. The standard InChI is InChI=1S/C19H24N2O3/c1-23-13-17(20)19(22)21-18(16-10-6-3-7-11-16)14-24-12-15-8-4-2-5-9-15/h2-11,17-18H,12-14,20H2,1H3,(H,21,22). The summed E-state index contributed by atoms with van der Waals surface area (Å²) in [7, 11) is 1.52. The maximum Gasteiger partial charge on any atom is 0.239 e. The second kappa shape index (κ2) is 9.82. The van der Waals surface area contributed by atoms with E-state index in [0.29, 0.717) is 13.2 Å². The van der Waals surface area contributed by atoms with Gasteiger partial charge in [-0.05, 0) is 11.1 Å². The van der Waals surface area contributed by atoms with Crippen LogP contribution in [0.3, 0.4) is 0 Å². The van der Waals surface area contributed by atoms with Crippen LogP contribution in [0.15, 0.2) is 60.7 Å². The van der Waals surface area contributed by atoms with Crippen LogP contribution in [-0.2, 0) is 20.9 Å². The highest BCUT2D eigenvalue weighted by molar-refractivity contribution is 5.82. The van der Waals surface area contributed by atoms with Crippen LogP contribution in [0, 0.1) is 0 Å². The minimum Gasteiger partial charge on any atom is -0.383 e. The maximum atomic E-state index is 12.2. The van der Waals surface area contributed by atoms with Gasteiger partial charge in [-0.15, -0.1) is 0 Å². The molecule has 0 aliphatic rings. The summed E-state index contributed by atoms with van der Waals surface area (Å²) < 4.78 is 10.7. The fourth-order valence-corrected chi connectivity index (χ4v) is 2.31. The molecule has 0 aliphatic heterocycles. The number of ether oxygens (including phenoxy) is 2. The second-order valence-corrected chi connectivity index (χ2v) is 5.53. The molecule has 0 aromatic heterocycles. The summed E-state index contributed by atoms with van der Waals surface area (Å²) in [6.07, 6.45) is 0. The number of carbonyl (C=O) groups excluding carboxylic acids is 1. The van der Waals surface area contributed by atoms with Gasteiger partial charge in [0.1, 0.15) is 6.04 Å². The van der Waals surface area contributed by atoms with Gasteiger partial charge in [-0.1, -0.05) is 60.7 Å². The average Bonchev–Trinajstić information content (AvgIpc) is 2.62. The Morgan fingerprint density at radius 3 is 2.29 bits per heavy atom.